The van der Waals surface area contributed by atoms with Gasteiger partial charge in [0.25, 0.3) is 0 Å². The van der Waals surface area contributed by atoms with Crippen molar-refractivity contribution >= 4 is 15.9 Å². The van der Waals surface area contributed by atoms with E-state index < -0.39 is 0 Å². The Balaban J connectivity index is 1.67. The Labute approximate surface area is 134 Å². The summed E-state index contributed by atoms with van der Waals surface area (Å²) in [7, 11) is 0. The second-order valence-electron chi connectivity index (χ2n) is 6.20. The highest BCUT2D eigenvalue weighted by Gasteiger charge is 2.50. The molecule has 1 aliphatic carbocycles. The Morgan fingerprint density at radius 2 is 1.86 bits per heavy atom. The fraction of sp³-hybridized carbons (Fsp3) is 0.368. The van der Waals surface area contributed by atoms with Crippen LogP contribution in [0.25, 0.3) is 0 Å². The summed E-state index contributed by atoms with van der Waals surface area (Å²) in [4.78, 5) is 0.389. The van der Waals surface area contributed by atoms with Gasteiger partial charge in [-0.2, -0.15) is 0 Å². The standard InChI is InChI=1S/C19H19BrO/c20-18(19(10-11-19)16-6-2-1-3-7-16)15-8-9-17-14(13-15)5-4-12-21-17/h1-3,6-9,13,18H,4-5,10-12H2. The summed E-state index contributed by atoms with van der Waals surface area (Å²) in [5.74, 6) is 1.08. The minimum Gasteiger partial charge on any atom is -0.493 e. The zero-order chi connectivity index (χ0) is 14.3. The summed E-state index contributed by atoms with van der Waals surface area (Å²) in [5.41, 5.74) is 4.50. The Morgan fingerprint density at radius 1 is 1.05 bits per heavy atom. The number of alkyl halides is 1. The molecule has 4 rings (SSSR count). The molecule has 2 aromatic carbocycles. The van der Waals surface area contributed by atoms with E-state index >= 15 is 0 Å². The summed E-state index contributed by atoms with van der Waals surface area (Å²) >= 11 is 3.99. The number of ether oxygens (including phenoxy) is 1. The van der Waals surface area contributed by atoms with Crippen LogP contribution in [-0.2, 0) is 11.8 Å². The van der Waals surface area contributed by atoms with Crippen molar-refractivity contribution in [3.05, 3.63) is 65.2 Å². The topological polar surface area (TPSA) is 9.23 Å². The van der Waals surface area contributed by atoms with Gasteiger partial charge in [-0.05, 0) is 48.4 Å². The Kier molecular flexibility index (Phi) is 3.30. The Hall–Kier alpha value is -1.28. The second kappa shape index (κ2) is 5.17. The summed E-state index contributed by atoms with van der Waals surface area (Å²) in [6.45, 7) is 0.859. The number of fused-ring (bicyclic) bond motifs is 1. The first-order chi connectivity index (χ1) is 10.3. The summed E-state index contributed by atoms with van der Waals surface area (Å²) in [5, 5.41) is 0. The van der Waals surface area contributed by atoms with Crippen molar-refractivity contribution in [2.24, 2.45) is 0 Å². The van der Waals surface area contributed by atoms with E-state index in [0.29, 0.717) is 4.83 Å². The molecule has 1 unspecified atom stereocenters. The molecule has 2 aromatic rings. The van der Waals surface area contributed by atoms with Crippen LogP contribution < -0.4 is 4.74 Å². The summed E-state index contributed by atoms with van der Waals surface area (Å²) in [6, 6.07) is 17.7. The lowest BCUT2D eigenvalue weighted by Crippen LogP contribution is -2.15. The maximum absolute atomic E-state index is 5.73. The maximum atomic E-state index is 5.73. The number of halogens is 1. The van der Waals surface area contributed by atoms with E-state index in [4.69, 9.17) is 4.74 Å². The predicted molar refractivity (Wildman–Crippen MR) is 89.3 cm³/mol. The molecule has 1 atom stereocenters. The number of hydrogen-bond acceptors (Lipinski definition) is 1. The first-order valence-corrected chi connectivity index (χ1v) is 8.66. The van der Waals surface area contributed by atoms with E-state index in [9.17, 15) is 0 Å². The van der Waals surface area contributed by atoms with Crippen LogP contribution in [0, 0.1) is 0 Å². The van der Waals surface area contributed by atoms with Crippen molar-refractivity contribution in [1.82, 2.24) is 0 Å². The molecule has 2 aliphatic rings. The molecule has 0 aromatic heterocycles. The Bertz CT molecular complexity index is 646. The molecular formula is C19H19BrO. The van der Waals surface area contributed by atoms with Crippen molar-refractivity contribution in [2.45, 2.75) is 35.9 Å². The van der Waals surface area contributed by atoms with E-state index in [1.165, 1.54) is 29.5 Å². The van der Waals surface area contributed by atoms with Crippen LogP contribution in [0.15, 0.2) is 48.5 Å². The van der Waals surface area contributed by atoms with Gasteiger partial charge < -0.3 is 4.74 Å². The Morgan fingerprint density at radius 3 is 2.62 bits per heavy atom. The third-order valence-electron chi connectivity index (χ3n) is 4.85. The average molecular weight is 343 g/mol. The molecule has 1 saturated carbocycles. The smallest absolute Gasteiger partial charge is 0.122 e. The van der Waals surface area contributed by atoms with E-state index in [0.717, 1.165) is 25.2 Å². The van der Waals surface area contributed by atoms with Gasteiger partial charge in [0.2, 0.25) is 0 Å². The molecule has 1 heterocycles. The normalized spacial score (nSPS) is 20.2. The first kappa shape index (κ1) is 13.4. The van der Waals surface area contributed by atoms with Crippen LogP contribution >= 0.6 is 15.9 Å². The molecule has 108 valence electrons. The van der Waals surface area contributed by atoms with Gasteiger partial charge in [0.15, 0.2) is 0 Å². The molecule has 0 spiro atoms. The molecular weight excluding hydrogens is 324 g/mol. The third-order valence-corrected chi connectivity index (χ3v) is 6.25. The molecule has 0 amide bonds. The largest absolute Gasteiger partial charge is 0.493 e. The fourth-order valence-electron chi connectivity index (χ4n) is 3.45. The molecule has 0 N–H and O–H groups in total. The molecule has 0 saturated heterocycles. The van der Waals surface area contributed by atoms with Gasteiger partial charge in [0, 0.05) is 10.2 Å². The van der Waals surface area contributed by atoms with E-state index in [1.807, 2.05) is 0 Å². The average Bonchev–Trinajstić information content (AvgIpc) is 3.36. The molecule has 1 nitrogen and oxygen atoms in total. The number of hydrogen-bond donors (Lipinski definition) is 0. The van der Waals surface area contributed by atoms with Crippen molar-refractivity contribution in [3.8, 4) is 5.75 Å². The van der Waals surface area contributed by atoms with Crippen LogP contribution in [-0.4, -0.2) is 6.61 Å². The van der Waals surface area contributed by atoms with Crippen LogP contribution in [0.3, 0.4) is 0 Å². The van der Waals surface area contributed by atoms with Gasteiger partial charge in [-0.3, -0.25) is 0 Å². The van der Waals surface area contributed by atoms with Crippen LogP contribution in [0.5, 0.6) is 5.75 Å². The van der Waals surface area contributed by atoms with Gasteiger partial charge >= 0.3 is 0 Å². The molecule has 21 heavy (non-hydrogen) atoms. The predicted octanol–water partition coefficient (Wildman–Crippen LogP) is 5.18. The lowest BCUT2D eigenvalue weighted by molar-refractivity contribution is 0.288. The second-order valence-corrected chi connectivity index (χ2v) is 7.12. The molecule has 1 aliphatic heterocycles. The molecule has 0 radical (unpaired) electrons. The highest BCUT2D eigenvalue weighted by molar-refractivity contribution is 9.09. The van der Waals surface area contributed by atoms with Crippen molar-refractivity contribution in [2.75, 3.05) is 6.61 Å². The highest BCUT2D eigenvalue weighted by Crippen LogP contribution is 2.60. The van der Waals surface area contributed by atoms with Crippen LogP contribution in [0.1, 0.15) is 40.8 Å². The fourth-order valence-corrected chi connectivity index (χ4v) is 4.46. The number of benzene rings is 2. The highest BCUT2D eigenvalue weighted by atomic mass is 79.9. The molecule has 1 fully saturated rings. The SMILES string of the molecule is BrC(c1ccc2c(c1)CCCO2)C1(c2ccccc2)CC1. The van der Waals surface area contributed by atoms with Crippen LogP contribution in [0.4, 0.5) is 0 Å². The minimum atomic E-state index is 0.283. The van der Waals surface area contributed by atoms with E-state index in [2.05, 4.69) is 64.5 Å². The first-order valence-electron chi connectivity index (χ1n) is 7.75. The molecule has 2 heteroatoms. The molecule has 0 bridgehead atoms. The minimum absolute atomic E-state index is 0.283. The van der Waals surface area contributed by atoms with E-state index in [1.54, 1.807) is 0 Å². The van der Waals surface area contributed by atoms with Crippen molar-refractivity contribution in [1.29, 1.82) is 0 Å². The zero-order valence-corrected chi connectivity index (χ0v) is 13.6. The lowest BCUT2D eigenvalue weighted by Gasteiger charge is -2.25. The van der Waals surface area contributed by atoms with Gasteiger partial charge in [0.1, 0.15) is 5.75 Å². The third kappa shape index (κ3) is 2.30. The maximum Gasteiger partial charge on any atom is 0.122 e. The van der Waals surface area contributed by atoms with Gasteiger partial charge in [-0.15, -0.1) is 0 Å². The van der Waals surface area contributed by atoms with Crippen LogP contribution in [0.2, 0.25) is 0 Å². The quantitative estimate of drug-likeness (QED) is 0.698. The van der Waals surface area contributed by atoms with Gasteiger partial charge in [0.05, 0.1) is 6.61 Å². The van der Waals surface area contributed by atoms with E-state index in [-0.39, 0.29) is 5.41 Å². The zero-order valence-electron chi connectivity index (χ0n) is 12.0. The number of rotatable bonds is 3. The van der Waals surface area contributed by atoms with Crippen molar-refractivity contribution in [3.63, 3.8) is 0 Å². The number of aryl methyl sites for hydroxylation is 1. The summed E-state index contributed by atoms with van der Waals surface area (Å²) < 4.78 is 5.73. The lowest BCUT2D eigenvalue weighted by atomic mass is 9.88. The van der Waals surface area contributed by atoms with Crippen molar-refractivity contribution < 1.29 is 4.74 Å². The van der Waals surface area contributed by atoms with Gasteiger partial charge in [-0.1, -0.05) is 58.4 Å². The summed E-state index contributed by atoms with van der Waals surface area (Å²) in [6.07, 6.45) is 4.80. The van der Waals surface area contributed by atoms with Gasteiger partial charge in [-0.25, -0.2) is 0 Å². The monoisotopic (exact) mass is 342 g/mol.